The number of rotatable bonds is 6. The van der Waals surface area contributed by atoms with Crippen molar-refractivity contribution in [2.75, 3.05) is 6.54 Å². The first-order valence-corrected chi connectivity index (χ1v) is 7.16. The Balaban J connectivity index is 2.95. The predicted octanol–water partition coefficient (Wildman–Crippen LogP) is 1.51. The third kappa shape index (κ3) is 4.19. The average molecular weight is 296 g/mol. The van der Waals surface area contributed by atoms with Crippen molar-refractivity contribution in [3.8, 4) is 0 Å². The Bertz CT molecular complexity index is 526. The highest BCUT2D eigenvalue weighted by Gasteiger charge is 2.25. The van der Waals surface area contributed by atoms with Gasteiger partial charge in [0, 0.05) is 24.7 Å². The van der Waals surface area contributed by atoms with E-state index in [1.54, 1.807) is 0 Å². The van der Waals surface area contributed by atoms with Crippen LogP contribution in [0.3, 0.4) is 0 Å². The van der Waals surface area contributed by atoms with Gasteiger partial charge >= 0.3 is 0 Å². The van der Waals surface area contributed by atoms with Crippen LogP contribution >= 0.6 is 0 Å². The molecule has 0 fully saturated rings. The van der Waals surface area contributed by atoms with Gasteiger partial charge < -0.3 is 5.73 Å². The van der Waals surface area contributed by atoms with E-state index in [2.05, 4.69) is 0 Å². The second-order valence-corrected chi connectivity index (χ2v) is 5.80. The normalized spacial score (nSPS) is 13.5. The minimum absolute atomic E-state index is 0.146. The van der Waals surface area contributed by atoms with Crippen LogP contribution in [0.25, 0.3) is 0 Å². The van der Waals surface area contributed by atoms with Crippen LogP contribution in [0.1, 0.15) is 19.8 Å². The molecule has 0 aliphatic rings. The summed E-state index contributed by atoms with van der Waals surface area (Å²) in [6.45, 7) is 1.72. The molecule has 0 bridgehead atoms. The van der Waals surface area contributed by atoms with E-state index < -0.39 is 38.4 Å². The highest BCUT2D eigenvalue weighted by molar-refractivity contribution is 7.89. The van der Waals surface area contributed by atoms with Gasteiger partial charge in [0.05, 0.1) is 0 Å². The number of nitrogens with one attached hydrogen (secondary N) is 1. The van der Waals surface area contributed by atoms with E-state index in [1.165, 1.54) is 0 Å². The number of hydrogen-bond donors (Lipinski definition) is 2. The lowest BCUT2D eigenvalue weighted by Gasteiger charge is -2.13. The van der Waals surface area contributed by atoms with E-state index in [0.717, 1.165) is 6.42 Å². The molecule has 0 aromatic heterocycles. The number of hydrogen-bond acceptors (Lipinski definition) is 3. The summed E-state index contributed by atoms with van der Waals surface area (Å²) in [4.78, 5) is -1.20. The van der Waals surface area contributed by atoms with Gasteiger partial charge in [-0.3, -0.25) is 0 Å². The largest absolute Gasteiger partial charge is 0.327 e. The van der Waals surface area contributed by atoms with Crippen LogP contribution in [0.5, 0.6) is 0 Å². The zero-order valence-corrected chi connectivity index (χ0v) is 11.1. The molecule has 0 heterocycles. The van der Waals surface area contributed by atoms with Crippen molar-refractivity contribution in [3.63, 3.8) is 0 Å². The van der Waals surface area contributed by atoms with E-state index in [4.69, 9.17) is 5.73 Å². The molecule has 1 unspecified atom stereocenters. The van der Waals surface area contributed by atoms with Gasteiger partial charge in [-0.25, -0.2) is 26.3 Å². The second kappa shape index (κ2) is 6.36. The van der Waals surface area contributed by atoms with Crippen molar-refractivity contribution in [1.29, 1.82) is 0 Å². The fourth-order valence-corrected chi connectivity index (χ4v) is 2.76. The monoisotopic (exact) mass is 296 g/mol. The van der Waals surface area contributed by atoms with Gasteiger partial charge in [0.1, 0.15) is 17.5 Å². The SMILES string of the molecule is CCCC(N)CNS(=O)(=O)c1c(F)cc(F)cc1F. The maximum absolute atomic E-state index is 13.3. The lowest BCUT2D eigenvalue weighted by atomic mass is 10.2. The van der Waals surface area contributed by atoms with Crippen molar-refractivity contribution in [2.24, 2.45) is 5.73 Å². The Kier molecular flexibility index (Phi) is 5.33. The maximum Gasteiger partial charge on any atom is 0.246 e. The van der Waals surface area contributed by atoms with Gasteiger partial charge in [0.2, 0.25) is 10.0 Å². The molecule has 1 rings (SSSR count). The Hall–Kier alpha value is -1.12. The summed E-state index contributed by atoms with van der Waals surface area (Å²) in [5.41, 5.74) is 5.60. The minimum Gasteiger partial charge on any atom is -0.327 e. The lowest BCUT2D eigenvalue weighted by molar-refractivity contribution is 0.490. The number of benzene rings is 1. The van der Waals surface area contributed by atoms with Gasteiger partial charge in [0.25, 0.3) is 0 Å². The average Bonchev–Trinajstić information content (AvgIpc) is 2.25. The smallest absolute Gasteiger partial charge is 0.246 e. The molecule has 108 valence electrons. The fourth-order valence-electron chi connectivity index (χ4n) is 1.55. The first-order valence-electron chi connectivity index (χ1n) is 5.67. The van der Waals surface area contributed by atoms with Crippen LogP contribution < -0.4 is 10.5 Å². The molecule has 1 atom stereocenters. The van der Waals surface area contributed by atoms with Crippen molar-refractivity contribution >= 4 is 10.0 Å². The van der Waals surface area contributed by atoms with Gasteiger partial charge in [-0.15, -0.1) is 0 Å². The summed E-state index contributed by atoms with van der Waals surface area (Å²) >= 11 is 0. The van der Waals surface area contributed by atoms with E-state index in [9.17, 15) is 21.6 Å². The van der Waals surface area contributed by atoms with Gasteiger partial charge in [-0.05, 0) is 6.42 Å². The molecule has 0 amide bonds. The molecule has 0 aliphatic heterocycles. The molecule has 0 saturated carbocycles. The van der Waals surface area contributed by atoms with Crippen LogP contribution in [0.4, 0.5) is 13.2 Å². The Morgan fingerprint density at radius 3 is 2.26 bits per heavy atom. The number of halogens is 3. The van der Waals surface area contributed by atoms with Crippen molar-refractivity contribution in [3.05, 3.63) is 29.6 Å². The van der Waals surface area contributed by atoms with Gasteiger partial charge in [0.15, 0.2) is 4.90 Å². The molecule has 0 saturated heterocycles. The molecule has 1 aromatic rings. The molecule has 3 N–H and O–H groups in total. The van der Waals surface area contributed by atoms with Crippen LogP contribution in [-0.4, -0.2) is 21.0 Å². The van der Waals surface area contributed by atoms with Gasteiger partial charge in [-0.1, -0.05) is 13.3 Å². The summed E-state index contributed by atoms with van der Waals surface area (Å²) in [6.07, 6.45) is 1.32. The quantitative estimate of drug-likeness (QED) is 0.836. The Labute approximate surface area is 109 Å². The zero-order chi connectivity index (χ0) is 14.6. The third-order valence-corrected chi connectivity index (χ3v) is 3.90. The Morgan fingerprint density at radius 2 is 1.79 bits per heavy atom. The molecular formula is C11H15F3N2O2S. The van der Waals surface area contributed by atoms with E-state index in [0.29, 0.717) is 18.6 Å². The summed E-state index contributed by atoms with van der Waals surface area (Å²) < 4.78 is 64.8. The van der Waals surface area contributed by atoms with E-state index >= 15 is 0 Å². The first kappa shape index (κ1) is 15.9. The third-order valence-electron chi connectivity index (χ3n) is 2.43. The number of sulfonamides is 1. The predicted molar refractivity (Wildman–Crippen MR) is 64.4 cm³/mol. The Morgan fingerprint density at radius 1 is 1.26 bits per heavy atom. The number of nitrogens with two attached hydrogens (primary N) is 1. The molecule has 4 nitrogen and oxygen atoms in total. The van der Waals surface area contributed by atoms with Crippen molar-refractivity contribution in [2.45, 2.75) is 30.7 Å². The topological polar surface area (TPSA) is 72.2 Å². The first-order chi connectivity index (χ1) is 8.77. The van der Waals surface area contributed by atoms with Gasteiger partial charge in [-0.2, -0.15) is 0 Å². The zero-order valence-electron chi connectivity index (χ0n) is 10.3. The van der Waals surface area contributed by atoms with E-state index in [-0.39, 0.29) is 6.54 Å². The minimum atomic E-state index is -4.40. The van der Waals surface area contributed by atoms with Crippen LogP contribution in [0, 0.1) is 17.5 Å². The molecule has 19 heavy (non-hydrogen) atoms. The highest BCUT2D eigenvalue weighted by Crippen LogP contribution is 2.19. The van der Waals surface area contributed by atoms with Crippen molar-refractivity contribution < 1.29 is 21.6 Å². The van der Waals surface area contributed by atoms with E-state index in [1.807, 2.05) is 11.6 Å². The second-order valence-electron chi connectivity index (χ2n) is 4.10. The maximum atomic E-state index is 13.3. The van der Waals surface area contributed by atoms with Crippen LogP contribution in [-0.2, 0) is 10.0 Å². The molecule has 8 heteroatoms. The molecule has 0 aliphatic carbocycles. The summed E-state index contributed by atoms with van der Waals surface area (Å²) in [7, 11) is -4.40. The van der Waals surface area contributed by atoms with Crippen molar-refractivity contribution in [1.82, 2.24) is 4.72 Å². The fraction of sp³-hybridized carbons (Fsp3) is 0.455. The highest BCUT2D eigenvalue weighted by atomic mass is 32.2. The molecular weight excluding hydrogens is 281 g/mol. The molecule has 1 aromatic carbocycles. The molecule has 0 radical (unpaired) electrons. The van der Waals surface area contributed by atoms with Crippen LogP contribution in [0.15, 0.2) is 17.0 Å². The molecule has 0 spiro atoms. The standard InChI is InChI=1S/C11H15F3N2O2S/c1-2-3-8(15)6-16-19(17,18)11-9(13)4-7(12)5-10(11)14/h4-5,8,16H,2-3,6,15H2,1H3. The van der Waals surface area contributed by atoms with Crippen LogP contribution in [0.2, 0.25) is 0 Å². The summed E-state index contributed by atoms with van der Waals surface area (Å²) in [6, 6.07) is 0.166. The summed E-state index contributed by atoms with van der Waals surface area (Å²) in [5.74, 6) is -4.14. The lowest BCUT2D eigenvalue weighted by Crippen LogP contribution is -2.37. The summed E-state index contributed by atoms with van der Waals surface area (Å²) in [5, 5.41) is 0.